The summed E-state index contributed by atoms with van der Waals surface area (Å²) in [6, 6.07) is 16.3. The minimum Gasteiger partial charge on any atom is -0.488 e. The molecule has 0 aliphatic heterocycles. The zero-order chi connectivity index (χ0) is 12.1. The van der Waals surface area contributed by atoms with E-state index in [1.54, 1.807) is 11.8 Å². The van der Waals surface area contributed by atoms with Gasteiger partial charge in [-0.25, -0.2) is 0 Å². The van der Waals surface area contributed by atoms with Crippen molar-refractivity contribution in [3.8, 4) is 5.75 Å². The number of ether oxygens (including phenoxy) is 1. The number of hydrogen-bond acceptors (Lipinski definition) is 2. The summed E-state index contributed by atoms with van der Waals surface area (Å²) < 4.78 is 6.91. The van der Waals surface area contributed by atoms with Crippen LogP contribution in [0.15, 0.2) is 57.9 Å². The maximum absolute atomic E-state index is 5.83. The Kier molecular flexibility index (Phi) is 4.51. The lowest BCUT2D eigenvalue weighted by molar-refractivity contribution is 0.299. The molecule has 0 aromatic heterocycles. The Morgan fingerprint density at radius 1 is 1.12 bits per heavy atom. The molecule has 0 N–H and O–H groups in total. The third-order valence-electron chi connectivity index (χ3n) is 2.36. The van der Waals surface area contributed by atoms with E-state index in [1.165, 1.54) is 5.56 Å². The molecule has 88 valence electrons. The van der Waals surface area contributed by atoms with Crippen LogP contribution in [0.1, 0.15) is 5.56 Å². The molecule has 0 aliphatic carbocycles. The minimum absolute atomic E-state index is 0.607. The highest BCUT2D eigenvalue weighted by atomic mass is 79.9. The predicted octanol–water partition coefficient (Wildman–Crippen LogP) is 4.75. The first-order chi connectivity index (χ1) is 8.29. The summed E-state index contributed by atoms with van der Waals surface area (Å²) in [5, 5.41) is 0. The van der Waals surface area contributed by atoms with E-state index in [2.05, 4.69) is 40.4 Å². The molecular formula is C14H13BrOS. The first-order valence-electron chi connectivity index (χ1n) is 5.30. The summed E-state index contributed by atoms with van der Waals surface area (Å²) in [6.45, 7) is 0.607. The van der Waals surface area contributed by atoms with Gasteiger partial charge in [0.25, 0.3) is 0 Å². The third-order valence-corrected chi connectivity index (χ3v) is 3.61. The van der Waals surface area contributed by atoms with Gasteiger partial charge in [0.2, 0.25) is 0 Å². The van der Waals surface area contributed by atoms with E-state index >= 15 is 0 Å². The highest BCUT2D eigenvalue weighted by Crippen LogP contribution is 2.31. The first kappa shape index (κ1) is 12.5. The smallest absolute Gasteiger partial charge is 0.133 e. The van der Waals surface area contributed by atoms with E-state index < -0.39 is 0 Å². The summed E-state index contributed by atoms with van der Waals surface area (Å²) in [4.78, 5) is 1.15. The van der Waals surface area contributed by atoms with Crippen LogP contribution in [0.5, 0.6) is 5.75 Å². The van der Waals surface area contributed by atoms with Crippen LogP contribution in [0.4, 0.5) is 0 Å². The van der Waals surface area contributed by atoms with Crippen LogP contribution < -0.4 is 4.74 Å². The second-order valence-corrected chi connectivity index (χ2v) is 5.33. The number of halogens is 1. The van der Waals surface area contributed by atoms with Crippen LogP contribution in [0.3, 0.4) is 0 Å². The molecule has 0 heterocycles. The maximum Gasteiger partial charge on any atom is 0.133 e. The monoisotopic (exact) mass is 308 g/mol. The van der Waals surface area contributed by atoms with Crippen molar-refractivity contribution in [1.82, 2.24) is 0 Å². The van der Waals surface area contributed by atoms with Crippen molar-refractivity contribution in [3.63, 3.8) is 0 Å². The van der Waals surface area contributed by atoms with Gasteiger partial charge in [-0.1, -0.05) is 46.3 Å². The van der Waals surface area contributed by atoms with E-state index in [9.17, 15) is 0 Å². The van der Waals surface area contributed by atoms with Gasteiger partial charge >= 0.3 is 0 Å². The molecule has 2 aromatic carbocycles. The molecule has 0 saturated carbocycles. The molecule has 0 bridgehead atoms. The molecule has 0 atom stereocenters. The van der Waals surface area contributed by atoms with E-state index in [0.717, 1.165) is 15.1 Å². The molecule has 0 aliphatic rings. The van der Waals surface area contributed by atoms with Crippen molar-refractivity contribution in [2.75, 3.05) is 6.26 Å². The van der Waals surface area contributed by atoms with Crippen molar-refractivity contribution in [2.24, 2.45) is 0 Å². The molecule has 0 spiro atoms. The van der Waals surface area contributed by atoms with Crippen molar-refractivity contribution >= 4 is 27.7 Å². The SMILES string of the molecule is CSc1cc(Br)ccc1OCc1ccccc1. The van der Waals surface area contributed by atoms with E-state index in [0.29, 0.717) is 6.61 Å². The highest BCUT2D eigenvalue weighted by Gasteiger charge is 2.03. The van der Waals surface area contributed by atoms with Gasteiger partial charge in [-0.2, -0.15) is 0 Å². The second kappa shape index (κ2) is 6.12. The molecule has 2 aromatic rings. The number of rotatable bonds is 4. The van der Waals surface area contributed by atoms with Crippen molar-refractivity contribution in [1.29, 1.82) is 0 Å². The van der Waals surface area contributed by atoms with Gasteiger partial charge in [0, 0.05) is 4.47 Å². The maximum atomic E-state index is 5.83. The number of hydrogen-bond donors (Lipinski definition) is 0. The van der Waals surface area contributed by atoms with E-state index in [1.807, 2.05) is 30.3 Å². The largest absolute Gasteiger partial charge is 0.488 e. The summed E-state index contributed by atoms with van der Waals surface area (Å²) in [5.41, 5.74) is 1.18. The molecule has 0 saturated heterocycles. The lowest BCUT2D eigenvalue weighted by Gasteiger charge is -2.10. The summed E-state index contributed by atoms with van der Waals surface area (Å²) in [7, 11) is 0. The fourth-order valence-corrected chi connectivity index (χ4v) is 2.58. The van der Waals surface area contributed by atoms with E-state index in [4.69, 9.17) is 4.74 Å². The lowest BCUT2D eigenvalue weighted by Crippen LogP contribution is -1.96. The molecule has 1 nitrogen and oxygen atoms in total. The van der Waals surface area contributed by atoms with Crippen LogP contribution in [-0.2, 0) is 6.61 Å². The van der Waals surface area contributed by atoms with Gasteiger partial charge in [0.15, 0.2) is 0 Å². The second-order valence-electron chi connectivity index (χ2n) is 3.57. The topological polar surface area (TPSA) is 9.23 Å². The Morgan fingerprint density at radius 3 is 2.59 bits per heavy atom. The van der Waals surface area contributed by atoms with Gasteiger partial charge in [-0.3, -0.25) is 0 Å². The zero-order valence-electron chi connectivity index (χ0n) is 9.52. The molecule has 0 radical (unpaired) electrons. The van der Waals surface area contributed by atoms with Gasteiger partial charge < -0.3 is 4.74 Å². The average Bonchev–Trinajstić information content (AvgIpc) is 2.38. The summed E-state index contributed by atoms with van der Waals surface area (Å²) in [5.74, 6) is 0.935. The van der Waals surface area contributed by atoms with Crippen LogP contribution in [0, 0.1) is 0 Å². The predicted molar refractivity (Wildman–Crippen MR) is 76.7 cm³/mol. The van der Waals surface area contributed by atoms with Crippen molar-refractivity contribution in [3.05, 3.63) is 58.6 Å². The third kappa shape index (κ3) is 3.51. The summed E-state index contributed by atoms with van der Waals surface area (Å²) >= 11 is 5.15. The fraction of sp³-hybridized carbons (Fsp3) is 0.143. The molecule has 3 heteroatoms. The summed E-state index contributed by atoms with van der Waals surface area (Å²) in [6.07, 6.45) is 2.05. The van der Waals surface area contributed by atoms with Crippen molar-refractivity contribution < 1.29 is 4.74 Å². The number of thioether (sulfide) groups is 1. The lowest BCUT2D eigenvalue weighted by atomic mass is 10.2. The quantitative estimate of drug-likeness (QED) is 0.754. The Hall–Kier alpha value is -0.930. The highest BCUT2D eigenvalue weighted by molar-refractivity contribution is 9.10. The average molecular weight is 309 g/mol. The van der Waals surface area contributed by atoms with Crippen molar-refractivity contribution in [2.45, 2.75) is 11.5 Å². The molecule has 2 rings (SSSR count). The minimum atomic E-state index is 0.607. The van der Waals surface area contributed by atoms with Crippen LogP contribution in [0.2, 0.25) is 0 Å². The normalized spacial score (nSPS) is 10.2. The Labute approximate surface area is 114 Å². The molecule has 17 heavy (non-hydrogen) atoms. The fourth-order valence-electron chi connectivity index (χ4n) is 1.50. The van der Waals surface area contributed by atoms with Gasteiger partial charge in [-0.15, -0.1) is 11.8 Å². The standard InChI is InChI=1S/C14H13BrOS/c1-17-14-9-12(15)7-8-13(14)16-10-11-5-3-2-4-6-11/h2-9H,10H2,1H3. The van der Waals surface area contributed by atoms with Gasteiger partial charge in [0.1, 0.15) is 12.4 Å². The Morgan fingerprint density at radius 2 is 1.88 bits per heavy atom. The first-order valence-corrected chi connectivity index (χ1v) is 7.31. The molecule has 0 amide bonds. The molecule has 0 fully saturated rings. The van der Waals surface area contributed by atoms with Crippen LogP contribution in [0.25, 0.3) is 0 Å². The van der Waals surface area contributed by atoms with Gasteiger partial charge in [0.05, 0.1) is 4.90 Å². The molecular weight excluding hydrogens is 296 g/mol. The van der Waals surface area contributed by atoms with E-state index in [-0.39, 0.29) is 0 Å². The number of benzene rings is 2. The van der Waals surface area contributed by atoms with Gasteiger partial charge in [-0.05, 0) is 30.0 Å². The van der Waals surface area contributed by atoms with Crippen LogP contribution >= 0.6 is 27.7 Å². The Bertz CT molecular complexity index is 485. The molecule has 0 unspecified atom stereocenters. The zero-order valence-corrected chi connectivity index (χ0v) is 11.9. The van der Waals surface area contributed by atoms with Crippen LogP contribution in [-0.4, -0.2) is 6.26 Å². The Balaban J connectivity index is 2.09.